The Morgan fingerprint density at radius 2 is 1.64 bits per heavy atom. The maximum Gasteiger partial charge on any atom is 0.323 e. The van der Waals surface area contributed by atoms with Crippen molar-refractivity contribution in [1.82, 2.24) is 4.98 Å². The van der Waals surface area contributed by atoms with E-state index in [0.717, 1.165) is 16.8 Å². The second-order valence-corrected chi connectivity index (χ2v) is 5.25. The van der Waals surface area contributed by atoms with E-state index >= 15 is 0 Å². The topological polar surface area (TPSA) is 38.4 Å². The highest BCUT2D eigenvalue weighted by molar-refractivity contribution is 9.10. The van der Waals surface area contributed by atoms with Gasteiger partial charge in [0.2, 0.25) is 0 Å². The van der Waals surface area contributed by atoms with Gasteiger partial charge in [0.1, 0.15) is 5.69 Å². The van der Waals surface area contributed by atoms with E-state index in [-0.39, 0.29) is 0 Å². The minimum atomic E-state index is 0.323. The van der Waals surface area contributed by atoms with Crippen molar-refractivity contribution in [3.63, 3.8) is 0 Å². The summed E-state index contributed by atoms with van der Waals surface area (Å²) >= 11 is 3.38. The summed E-state index contributed by atoms with van der Waals surface area (Å²) in [5, 5.41) is 0. The Morgan fingerprint density at radius 3 is 2.36 bits per heavy atom. The maximum absolute atomic E-state index is 5.50. The second kappa shape index (κ2) is 7.00. The van der Waals surface area contributed by atoms with Crippen LogP contribution in [0.4, 0.5) is 6.01 Å². The van der Waals surface area contributed by atoms with Crippen LogP contribution in [-0.4, -0.2) is 11.2 Å². The van der Waals surface area contributed by atoms with Gasteiger partial charge in [-0.25, -0.2) is 4.99 Å². The number of allylic oxidation sites excluding steroid dienone is 1. The molecule has 0 fully saturated rings. The van der Waals surface area contributed by atoms with E-state index in [9.17, 15) is 0 Å². The van der Waals surface area contributed by atoms with Gasteiger partial charge in [0.25, 0.3) is 0 Å². The minimum Gasteiger partial charge on any atom is -0.414 e. The van der Waals surface area contributed by atoms with Gasteiger partial charge in [-0.05, 0) is 27.6 Å². The van der Waals surface area contributed by atoms with Crippen LogP contribution in [0.5, 0.6) is 0 Å². The van der Waals surface area contributed by atoms with Gasteiger partial charge < -0.3 is 4.42 Å². The average molecular weight is 353 g/mol. The van der Waals surface area contributed by atoms with E-state index in [0.29, 0.717) is 10.7 Å². The maximum atomic E-state index is 5.50. The molecule has 3 nitrogen and oxygen atoms in total. The first-order valence-electron chi connectivity index (χ1n) is 6.80. The van der Waals surface area contributed by atoms with Crippen molar-refractivity contribution in [2.24, 2.45) is 4.99 Å². The minimum absolute atomic E-state index is 0.323. The molecule has 0 saturated heterocycles. The number of hydrogen-bond donors (Lipinski definition) is 0. The van der Waals surface area contributed by atoms with Crippen LogP contribution in [-0.2, 0) is 0 Å². The fourth-order valence-corrected chi connectivity index (χ4v) is 2.41. The lowest BCUT2D eigenvalue weighted by Crippen LogP contribution is -1.76. The molecule has 0 saturated carbocycles. The Bertz CT molecular complexity index is 792. The molecule has 0 aliphatic rings. The third-order valence-electron chi connectivity index (χ3n) is 2.98. The van der Waals surface area contributed by atoms with E-state index in [2.05, 4.69) is 25.9 Å². The number of aromatic nitrogens is 1. The molecule has 0 bridgehead atoms. The van der Waals surface area contributed by atoms with Crippen molar-refractivity contribution < 1.29 is 4.42 Å². The lowest BCUT2D eigenvalue weighted by atomic mass is 10.2. The molecule has 3 rings (SSSR count). The normalized spacial score (nSPS) is 11.5. The van der Waals surface area contributed by atoms with Crippen LogP contribution < -0.4 is 0 Å². The molecule has 0 unspecified atom stereocenters. The van der Waals surface area contributed by atoms with Gasteiger partial charge in [-0.1, -0.05) is 66.7 Å². The molecular formula is C18H13BrN2O. The molecule has 1 heterocycles. The van der Waals surface area contributed by atoms with Crippen LogP contribution in [0.15, 0.2) is 80.8 Å². The van der Waals surface area contributed by atoms with Gasteiger partial charge in [-0.3, -0.25) is 0 Å². The van der Waals surface area contributed by atoms with E-state index in [4.69, 9.17) is 4.42 Å². The molecular weight excluding hydrogens is 340 g/mol. The fourth-order valence-electron chi connectivity index (χ4n) is 1.95. The van der Waals surface area contributed by atoms with Crippen LogP contribution in [0.2, 0.25) is 0 Å². The van der Waals surface area contributed by atoms with Crippen molar-refractivity contribution in [3.8, 4) is 11.3 Å². The van der Waals surface area contributed by atoms with Crippen molar-refractivity contribution in [2.45, 2.75) is 0 Å². The Balaban J connectivity index is 1.74. The number of hydrogen-bond acceptors (Lipinski definition) is 3. The van der Waals surface area contributed by atoms with Crippen molar-refractivity contribution in [3.05, 3.63) is 77.0 Å². The van der Waals surface area contributed by atoms with Crippen LogP contribution in [0.25, 0.3) is 17.3 Å². The smallest absolute Gasteiger partial charge is 0.323 e. The lowest BCUT2D eigenvalue weighted by molar-refractivity contribution is 0.546. The molecule has 3 aromatic rings. The van der Waals surface area contributed by atoms with Gasteiger partial charge in [0, 0.05) is 11.8 Å². The molecule has 0 spiro atoms. The SMILES string of the molecule is Brc1oc(/N=C/C=C/c2ccccc2)nc1-c1ccccc1. The molecule has 0 atom stereocenters. The lowest BCUT2D eigenvalue weighted by Gasteiger charge is -1.93. The molecule has 0 aliphatic carbocycles. The predicted octanol–water partition coefficient (Wildman–Crippen LogP) is 5.52. The molecule has 0 amide bonds. The summed E-state index contributed by atoms with van der Waals surface area (Å²) < 4.78 is 6.08. The van der Waals surface area contributed by atoms with Gasteiger partial charge in [0.05, 0.1) is 0 Å². The number of oxazole rings is 1. The second-order valence-electron chi connectivity index (χ2n) is 4.53. The first-order valence-corrected chi connectivity index (χ1v) is 7.60. The highest BCUT2D eigenvalue weighted by Gasteiger charge is 2.11. The standard InChI is InChI=1S/C18H13BrN2O/c19-17-16(15-11-5-2-6-12-15)21-18(22-17)20-13-7-10-14-8-3-1-4-9-14/h1-13H/b10-7+,20-13+. The van der Waals surface area contributed by atoms with Crippen LogP contribution in [0.3, 0.4) is 0 Å². The van der Waals surface area contributed by atoms with Crippen molar-refractivity contribution in [2.75, 3.05) is 0 Å². The zero-order valence-corrected chi connectivity index (χ0v) is 13.3. The van der Waals surface area contributed by atoms with Crippen LogP contribution in [0.1, 0.15) is 5.56 Å². The Morgan fingerprint density at radius 1 is 0.955 bits per heavy atom. The Hall–Kier alpha value is -2.46. The van der Waals surface area contributed by atoms with E-state index in [1.54, 1.807) is 6.21 Å². The Kier molecular flexibility index (Phi) is 4.61. The van der Waals surface area contributed by atoms with Crippen LogP contribution >= 0.6 is 15.9 Å². The summed E-state index contributed by atoms with van der Waals surface area (Å²) in [6.07, 6.45) is 5.50. The third kappa shape index (κ3) is 3.59. The first-order chi connectivity index (χ1) is 10.8. The van der Waals surface area contributed by atoms with E-state index in [1.165, 1.54) is 0 Å². The summed E-state index contributed by atoms with van der Waals surface area (Å²) in [4.78, 5) is 8.59. The number of nitrogens with zero attached hydrogens (tertiary/aromatic N) is 2. The molecule has 0 N–H and O–H groups in total. The van der Waals surface area contributed by atoms with E-state index in [1.807, 2.05) is 72.8 Å². The summed E-state index contributed by atoms with van der Waals surface area (Å²) in [6.45, 7) is 0. The number of aliphatic imine (C=N–C) groups is 1. The van der Waals surface area contributed by atoms with Gasteiger partial charge in [-0.15, -0.1) is 0 Å². The molecule has 1 aromatic heterocycles. The van der Waals surface area contributed by atoms with E-state index < -0.39 is 0 Å². The van der Waals surface area contributed by atoms with Gasteiger partial charge in [-0.2, -0.15) is 4.98 Å². The zero-order chi connectivity index (χ0) is 15.2. The molecule has 22 heavy (non-hydrogen) atoms. The first kappa shape index (κ1) is 14.5. The number of halogens is 1. The molecule has 0 radical (unpaired) electrons. The zero-order valence-electron chi connectivity index (χ0n) is 11.7. The monoisotopic (exact) mass is 352 g/mol. The Labute approximate surface area is 137 Å². The summed E-state index contributed by atoms with van der Waals surface area (Å²) in [6, 6.07) is 20.2. The average Bonchev–Trinajstić information content (AvgIpc) is 2.94. The van der Waals surface area contributed by atoms with Gasteiger partial charge in [0.15, 0.2) is 4.67 Å². The van der Waals surface area contributed by atoms with Crippen LogP contribution in [0, 0.1) is 0 Å². The summed E-state index contributed by atoms with van der Waals surface area (Å²) in [5.41, 5.74) is 2.85. The highest BCUT2D eigenvalue weighted by atomic mass is 79.9. The summed E-state index contributed by atoms with van der Waals surface area (Å²) in [5.74, 6) is 0. The highest BCUT2D eigenvalue weighted by Crippen LogP contribution is 2.31. The number of rotatable bonds is 4. The molecule has 4 heteroatoms. The predicted molar refractivity (Wildman–Crippen MR) is 93.3 cm³/mol. The van der Waals surface area contributed by atoms with Crippen molar-refractivity contribution in [1.29, 1.82) is 0 Å². The van der Waals surface area contributed by atoms with Crippen molar-refractivity contribution >= 4 is 34.2 Å². The largest absolute Gasteiger partial charge is 0.414 e. The molecule has 2 aromatic carbocycles. The number of benzene rings is 2. The fraction of sp³-hybridized carbons (Fsp3) is 0. The summed E-state index contributed by atoms with van der Waals surface area (Å²) in [7, 11) is 0. The van der Waals surface area contributed by atoms with Gasteiger partial charge >= 0.3 is 6.01 Å². The third-order valence-corrected chi connectivity index (χ3v) is 3.52. The molecule has 108 valence electrons. The molecule has 0 aliphatic heterocycles. The quantitative estimate of drug-likeness (QED) is 0.579.